The van der Waals surface area contributed by atoms with Crippen LogP contribution >= 0.6 is 0 Å². The van der Waals surface area contributed by atoms with Crippen LogP contribution in [0.15, 0.2) is 30.5 Å². The molecule has 2 aromatic heterocycles. The number of nitriles is 1. The van der Waals surface area contributed by atoms with Gasteiger partial charge >= 0.3 is 0 Å². The van der Waals surface area contributed by atoms with E-state index in [0.717, 1.165) is 72.8 Å². The molecule has 5 rings (SSSR count). The van der Waals surface area contributed by atoms with Crippen LogP contribution in [0.3, 0.4) is 0 Å². The van der Waals surface area contributed by atoms with E-state index in [-0.39, 0.29) is 0 Å². The molecule has 0 amide bonds. The van der Waals surface area contributed by atoms with Crippen LogP contribution in [0, 0.1) is 11.3 Å². The van der Waals surface area contributed by atoms with Crippen LogP contribution in [0.5, 0.6) is 0 Å². The Kier molecular flexibility index (Phi) is 3.76. The Hall–Kier alpha value is -3.04. The third-order valence-electron chi connectivity index (χ3n) is 5.58. The van der Waals surface area contributed by atoms with Crippen molar-refractivity contribution in [2.24, 2.45) is 0 Å². The number of nitrogens with zero attached hydrogens (tertiary/aromatic N) is 6. The molecule has 0 spiro atoms. The molecule has 0 unspecified atom stereocenters. The molecule has 1 aliphatic carbocycles. The number of hydrogen-bond acceptors (Lipinski definition) is 6. The normalized spacial score (nSPS) is 16.7. The number of piperazine rings is 1. The zero-order valence-corrected chi connectivity index (χ0v) is 15.3. The maximum atomic E-state index is 9.69. The van der Waals surface area contributed by atoms with E-state index in [4.69, 9.17) is 9.97 Å². The smallest absolute Gasteiger partial charge is 0.101 e. The lowest BCUT2D eigenvalue weighted by molar-refractivity contribution is 0.313. The maximum Gasteiger partial charge on any atom is 0.101 e. The molecule has 134 valence electrons. The van der Waals surface area contributed by atoms with Crippen molar-refractivity contribution in [3.63, 3.8) is 0 Å². The summed E-state index contributed by atoms with van der Waals surface area (Å²) in [4.78, 5) is 18.9. The van der Waals surface area contributed by atoms with Crippen LogP contribution in [-0.4, -0.2) is 53.1 Å². The predicted molar refractivity (Wildman–Crippen MR) is 104 cm³/mol. The summed E-state index contributed by atoms with van der Waals surface area (Å²) in [7, 11) is 2.13. The summed E-state index contributed by atoms with van der Waals surface area (Å²) < 4.78 is 0. The molecule has 6 nitrogen and oxygen atoms in total. The third-order valence-corrected chi connectivity index (χ3v) is 5.58. The van der Waals surface area contributed by atoms with Crippen molar-refractivity contribution in [1.82, 2.24) is 19.9 Å². The lowest BCUT2D eigenvalue weighted by Crippen LogP contribution is -2.44. The van der Waals surface area contributed by atoms with E-state index in [9.17, 15) is 5.26 Å². The Morgan fingerprint density at radius 1 is 0.963 bits per heavy atom. The minimum absolute atomic E-state index is 0.680. The highest BCUT2D eigenvalue weighted by molar-refractivity contribution is 5.83. The quantitative estimate of drug-likeness (QED) is 0.520. The zero-order chi connectivity index (χ0) is 18.4. The molecule has 0 N–H and O–H groups in total. The van der Waals surface area contributed by atoms with Gasteiger partial charge in [0.1, 0.15) is 6.07 Å². The number of likely N-dealkylation sites (N-methyl/N-ethyl adjacent to an activating group) is 1. The molecule has 6 heteroatoms. The molecule has 0 saturated carbocycles. The summed E-state index contributed by atoms with van der Waals surface area (Å²) in [5.74, 6) is 0. The van der Waals surface area contributed by atoms with Gasteiger partial charge < -0.3 is 9.80 Å². The van der Waals surface area contributed by atoms with Crippen molar-refractivity contribution in [1.29, 1.82) is 5.26 Å². The number of hydrogen-bond donors (Lipinski definition) is 0. The first kappa shape index (κ1) is 16.2. The van der Waals surface area contributed by atoms with Gasteiger partial charge in [-0.05, 0) is 30.8 Å². The van der Waals surface area contributed by atoms with Crippen LogP contribution in [0.2, 0.25) is 0 Å². The first-order valence-electron chi connectivity index (χ1n) is 9.31. The van der Waals surface area contributed by atoms with Gasteiger partial charge in [-0.15, -0.1) is 0 Å². The van der Waals surface area contributed by atoms with E-state index in [1.54, 1.807) is 0 Å². The van der Waals surface area contributed by atoms with Gasteiger partial charge in [0.25, 0.3) is 0 Å². The van der Waals surface area contributed by atoms with E-state index >= 15 is 0 Å². The Balaban J connectivity index is 1.59. The number of aromatic nitrogens is 3. The summed E-state index contributed by atoms with van der Waals surface area (Å²) in [6.45, 7) is 3.85. The van der Waals surface area contributed by atoms with E-state index < -0.39 is 0 Å². The second-order valence-electron chi connectivity index (χ2n) is 7.34. The maximum absolute atomic E-state index is 9.69. The van der Waals surface area contributed by atoms with E-state index in [1.165, 1.54) is 5.56 Å². The summed E-state index contributed by atoms with van der Waals surface area (Å²) in [5.41, 5.74) is 7.62. The molecule has 1 saturated heterocycles. The standard InChI is InChI=1S/C21H20N6/c1-26-5-7-27(8-6-26)21-12-20-18(10-15(21)13-22)24-17-9-14-3-2-4-23-16(14)11-19(17)25-20/h2-4,10,12H,5-9,11H2,1H3. The molecule has 1 fully saturated rings. The third kappa shape index (κ3) is 2.81. The van der Waals surface area contributed by atoms with Crippen molar-refractivity contribution >= 4 is 16.7 Å². The Morgan fingerprint density at radius 2 is 1.70 bits per heavy atom. The lowest BCUT2D eigenvalue weighted by atomic mass is 9.96. The van der Waals surface area contributed by atoms with Gasteiger partial charge in [-0.1, -0.05) is 6.07 Å². The molecule has 0 radical (unpaired) electrons. The minimum Gasteiger partial charge on any atom is -0.368 e. The van der Waals surface area contributed by atoms with Gasteiger partial charge in [-0.25, -0.2) is 9.97 Å². The average molecular weight is 356 g/mol. The Bertz CT molecular complexity index is 1080. The molecular weight excluding hydrogens is 336 g/mol. The summed E-state index contributed by atoms with van der Waals surface area (Å²) in [5, 5.41) is 9.69. The van der Waals surface area contributed by atoms with Crippen molar-refractivity contribution < 1.29 is 0 Å². The van der Waals surface area contributed by atoms with Crippen molar-refractivity contribution in [3.05, 3.63) is 58.7 Å². The largest absolute Gasteiger partial charge is 0.368 e. The second-order valence-corrected chi connectivity index (χ2v) is 7.34. The molecule has 1 aromatic carbocycles. The lowest BCUT2D eigenvalue weighted by Gasteiger charge is -2.34. The molecule has 1 aliphatic heterocycles. The van der Waals surface area contributed by atoms with E-state index in [2.05, 4.69) is 34.0 Å². The van der Waals surface area contributed by atoms with Gasteiger partial charge in [-0.2, -0.15) is 5.26 Å². The highest BCUT2D eigenvalue weighted by Gasteiger charge is 2.22. The monoisotopic (exact) mass is 356 g/mol. The minimum atomic E-state index is 0.680. The van der Waals surface area contributed by atoms with E-state index in [0.29, 0.717) is 5.56 Å². The van der Waals surface area contributed by atoms with Crippen molar-refractivity contribution in [2.45, 2.75) is 12.8 Å². The fourth-order valence-electron chi connectivity index (χ4n) is 3.98. The zero-order valence-electron chi connectivity index (χ0n) is 15.3. The van der Waals surface area contributed by atoms with E-state index in [1.807, 2.05) is 24.4 Å². The highest BCUT2D eigenvalue weighted by Crippen LogP contribution is 2.29. The Labute approximate surface area is 158 Å². The number of benzene rings is 1. The number of fused-ring (bicyclic) bond motifs is 3. The number of rotatable bonds is 1. The number of anilines is 1. The number of pyridine rings is 1. The van der Waals surface area contributed by atoms with Crippen LogP contribution in [0.1, 0.15) is 28.2 Å². The summed E-state index contributed by atoms with van der Waals surface area (Å²) >= 11 is 0. The van der Waals surface area contributed by atoms with Crippen LogP contribution in [-0.2, 0) is 12.8 Å². The predicted octanol–water partition coefficient (Wildman–Crippen LogP) is 2.14. The average Bonchev–Trinajstić information content (AvgIpc) is 2.70. The van der Waals surface area contributed by atoms with Crippen LogP contribution < -0.4 is 4.90 Å². The fraction of sp³-hybridized carbons (Fsp3) is 0.333. The Morgan fingerprint density at radius 3 is 2.48 bits per heavy atom. The topological polar surface area (TPSA) is 68.9 Å². The first-order chi connectivity index (χ1) is 13.2. The van der Waals surface area contributed by atoms with Gasteiger partial charge in [0.15, 0.2) is 0 Å². The SMILES string of the molecule is CN1CCN(c2cc3nc4c(nc3cc2C#N)Cc2cccnc2C4)CC1. The molecular formula is C21H20N6. The first-order valence-corrected chi connectivity index (χ1v) is 9.31. The summed E-state index contributed by atoms with van der Waals surface area (Å²) in [6.07, 6.45) is 3.31. The highest BCUT2D eigenvalue weighted by atomic mass is 15.2. The van der Waals surface area contributed by atoms with Gasteiger partial charge in [0, 0.05) is 50.9 Å². The molecule has 2 aliphatic rings. The summed E-state index contributed by atoms with van der Waals surface area (Å²) in [6, 6.07) is 10.4. The molecule has 3 aromatic rings. The fourth-order valence-corrected chi connectivity index (χ4v) is 3.98. The van der Waals surface area contributed by atoms with Crippen molar-refractivity contribution in [2.75, 3.05) is 38.1 Å². The van der Waals surface area contributed by atoms with Gasteiger partial charge in [0.2, 0.25) is 0 Å². The van der Waals surface area contributed by atoms with Gasteiger partial charge in [-0.3, -0.25) is 4.98 Å². The molecule has 0 bridgehead atoms. The van der Waals surface area contributed by atoms with Crippen LogP contribution in [0.25, 0.3) is 11.0 Å². The molecule has 3 heterocycles. The van der Waals surface area contributed by atoms with Crippen molar-refractivity contribution in [3.8, 4) is 6.07 Å². The van der Waals surface area contributed by atoms with Crippen LogP contribution in [0.4, 0.5) is 5.69 Å². The molecule has 0 atom stereocenters. The molecule has 27 heavy (non-hydrogen) atoms. The second kappa shape index (κ2) is 6.29. The van der Waals surface area contributed by atoms with Gasteiger partial charge in [0.05, 0.1) is 33.7 Å².